The molecule has 0 bridgehead atoms. The molecule has 4 rings (SSSR count). The van der Waals surface area contributed by atoms with E-state index in [1.807, 2.05) is 59.5 Å². The third-order valence-corrected chi connectivity index (χ3v) is 5.33. The predicted molar refractivity (Wildman–Crippen MR) is 104 cm³/mol. The van der Waals surface area contributed by atoms with Gasteiger partial charge < -0.3 is 4.90 Å². The summed E-state index contributed by atoms with van der Waals surface area (Å²) in [4.78, 5) is 32.4. The summed E-state index contributed by atoms with van der Waals surface area (Å²) in [6, 6.07) is 17.3. The van der Waals surface area contributed by atoms with Gasteiger partial charge in [-0.15, -0.1) is 0 Å². The van der Waals surface area contributed by atoms with Crippen molar-refractivity contribution in [3.63, 3.8) is 0 Å². The highest BCUT2D eigenvalue weighted by molar-refractivity contribution is 5.96. The van der Waals surface area contributed by atoms with Gasteiger partial charge in [0, 0.05) is 13.0 Å². The molecule has 1 amide bonds. The molecule has 0 N–H and O–H groups in total. The van der Waals surface area contributed by atoms with Crippen molar-refractivity contribution in [3.05, 3.63) is 66.5 Å². The maximum absolute atomic E-state index is 13.4. The van der Waals surface area contributed by atoms with E-state index in [1.165, 1.54) is 0 Å². The first-order valence-corrected chi connectivity index (χ1v) is 9.51. The predicted octanol–water partition coefficient (Wildman–Crippen LogP) is 4.07. The summed E-state index contributed by atoms with van der Waals surface area (Å²) in [5.41, 5.74) is 2.59. The number of nitrogens with zero attached hydrogens (tertiary/aromatic N) is 3. The minimum absolute atomic E-state index is 0.0556. The Morgan fingerprint density at radius 3 is 2.63 bits per heavy atom. The second-order valence-electron chi connectivity index (χ2n) is 7.05. The van der Waals surface area contributed by atoms with Crippen molar-refractivity contribution in [3.8, 4) is 0 Å². The van der Waals surface area contributed by atoms with Crippen molar-refractivity contribution in [1.82, 2.24) is 14.5 Å². The zero-order valence-electron chi connectivity index (χ0n) is 15.4. The molecule has 2 atom stereocenters. The topological polar surface area (TPSA) is 55.2 Å². The minimum atomic E-state index is -0.408. The van der Waals surface area contributed by atoms with Gasteiger partial charge in [-0.3, -0.25) is 14.2 Å². The number of hydrogen-bond donors (Lipinski definition) is 0. The summed E-state index contributed by atoms with van der Waals surface area (Å²) in [6.07, 6.45) is 3.77. The van der Waals surface area contributed by atoms with Crippen LogP contribution in [0.3, 0.4) is 0 Å². The molecule has 2 heterocycles. The fourth-order valence-corrected chi connectivity index (χ4v) is 3.98. The smallest absolute Gasteiger partial charge is 0.238 e. The highest BCUT2D eigenvalue weighted by atomic mass is 16.2. The van der Waals surface area contributed by atoms with Crippen molar-refractivity contribution in [2.45, 2.75) is 32.2 Å². The second kappa shape index (κ2) is 7.35. The fourth-order valence-electron chi connectivity index (χ4n) is 3.98. The van der Waals surface area contributed by atoms with Crippen LogP contribution in [0.5, 0.6) is 0 Å². The molecule has 0 radical (unpaired) electrons. The van der Waals surface area contributed by atoms with Gasteiger partial charge in [0.2, 0.25) is 11.8 Å². The van der Waals surface area contributed by atoms with Gasteiger partial charge in [-0.25, -0.2) is 4.98 Å². The van der Waals surface area contributed by atoms with Gasteiger partial charge in [-0.1, -0.05) is 55.8 Å². The van der Waals surface area contributed by atoms with E-state index in [-0.39, 0.29) is 24.3 Å². The summed E-state index contributed by atoms with van der Waals surface area (Å²) < 4.78 is 1.60. The van der Waals surface area contributed by atoms with E-state index in [4.69, 9.17) is 0 Å². The fraction of sp³-hybridized carbons (Fsp3) is 0.318. The number of unbranched alkanes of at least 4 members (excludes halogenated alkanes) is 1. The lowest BCUT2D eigenvalue weighted by Crippen LogP contribution is -2.32. The zero-order valence-corrected chi connectivity index (χ0v) is 15.4. The SMILES string of the molecule is CCCCN1C(=O)CC(C(=O)n2cnc3ccccc32)C1c1ccccc1. The molecule has 0 aliphatic carbocycles. The number of fused-ring (bicyclic) bond motifs is 1. The third-order valence-electron chi connectivity index (χ3n) is 5.33. The molecule has 1 fully saturated rings. The molecule has 3 aromatic rings. The Morgan fingerprint density at radius 2 is 1.85 bits per heavy atom. The Kier molecular flexibility index (Phi) is 4.75. The van der Waals surface area contributed by atoms with Gasteiger partial charge in [0.15, 0.2) is 0 Å². The first-order valence-electron chi connectivity index (χ1n) is 9.51. The number of rotatable bonds is 5. The molecule has 5 heteroatoms. The lowest BCUT2D eigenvalue weighted by atomic mass is 9.92. The summed E-state index contributed by atoms with van der Waals surface area (Å²) in [7, 11) is 0. The van der Waals surface area contributed by atoms with Crippen LogP contribution in [-0.2, 0) is 4.79 Å². The molecule has 27 heavy (non-hydrogen) atoms. The average Bonchev–Trinajstić information content (AvgIpc) is 3.27. The summed E-state index contributed by atoms with van der Waals surface area (Å²) in [5, 5.41) is 0. The van der Waals surface area contributed by atoms with Gasteiger partial charge in [0.25, 0.3) is 0 Å². The van der Waals surface area contributed by atoms with E-state index in [0.29, 0.717) is 6.54 Å². The average molecular weight is 361 g/mol. The van der Waals surface area contributed by atoms with E-state index >= 15 is 0 Å². The standard InChI is InChI=1S/C22H23N3O2/c1-2-3-13-24-20(26)14-17(21(24)16-9-5-4-6-10-16)22(27)25-15-23-18-11-7-8-12-19(18)25/h4-12,15,17,21H,2-3,13-14H2,1H3. The molecule has 1 aromatic heterocycles. The number of imidazole rings is 1. The van der Waals surface area contributed by atoms with Crippen molar-refractivity contribution < 1.29 is 9.59 Å². The maximum atomic E-state index is 13.4. The molecule has 138 valence electrons. The molecule has 2 aromatic carbocycles. The minimum Gasteiger partial charge on any atom is -0.335 e. The Bertz CT molecular complexity index is 964. The monoisotopic (exact) mass is 361 g/mol. The highest BCUT2D eigenvalue weighted by Gasteiger charge is 2.44. The molecule has 0 spiro atoms. The van der Waals surface area contributed by atoms with Crippen LogP contribution in [0, 0.1) is 5.92 Å². The molecule has 2 unspecified atom stereocenters. The zero-order chi connectivity index (χ0) is 18.8. The summed E-state index contributed by atoms with van der Waals surface area (Å²) in [5.74, 6) is -0.417. The molecule has 5 nitrogen and oxygen atoms in total. The van der Waals surface area contributed by atoms with Crippen LogP contribution in [0.2, 0.25) is 0 Å². The van der Waals surface area contributed by atoms with E-state index in [0.717, 1.165) is 29.4 Å². The number of aromatic nitrogens is 2. The van der Waals surface area contributed by atoms with Crippen molar-refractivity contribution in [1.29, 1.82) is 0 Å². The van der Waals surface area contributed by atoms with Gasteiger partial charge >= 0.3 is 0 Å². The lowest BCUT2D eigenvalue weighted by molar-refractivity contribution is -0.129. The molecule has 1 aliphatic rings. The Morgan fingerprint density at radius 1 is 1.11 bits per heavy atom. The van der Waals surface area contributed by atoms with Crippen LogP contribution in [0.15, 0.2) is 60.9 Å². The van der Waals surface area contributed by atoms with Gasteiger partial charge in [0.05, 0.1) is 23.0 Å². The summed E-state index contributed by atoms with van der Waals surface area (Å²) >= 11 is 0. The maximum Gasteiger partial charge on any atom is 0.238 e. The van der Waals surface area contributed by atoms with Crippen LogP contribution in [0.1, 0.15) is 42.6 Å². The first-order chi connectivity index (χ1) is 13.2. The van der Waals surface area contributed by atoms with Gasteiger partial charge in [-0.05, 0) is 24.1 Å². The van der Waals surface area contributed by atoms with E-state index in [2.05, 4.69) is 11.9 Å². The lowest BCUT2D eigenvalue weighted by Gasteiger charge is -2.28. The van der Waals surface area contributed by atoms with Crippen LogP contribution >= 0.6 is 0 Å². The number of likely N-dealkylation sites (tertiary alicyclic amines) is 1. The number of benzene rings is 2. The van der Waals surface area contributed by atoms with Crippen molar-refractivity contribution in [2.24, 2.45) is 5.92 Å². The number of hydrogen-bond acceptors (Lipinski definition) is 3. The van der Waals surface area contributed by atoms with E-state index in [1.54, 1.807) is 10.9 Å². The Hall–Kier alpha value is -2.95. The highest BCUT2D eigenvalue weighted by Crippen LogP contribution is 2.39. The van der Waals surface area contributed by atoms with Crippen LogP contribution < -0.4 is 0 Å². The van der Waals surface area contributed by atoms with E-state index < -0.39 is 5.92 Å². The summed E-state index contributed by atoms with van der Waals surface area (Å²) in [6.45, 7) is 2.79. The Labute approximate surface area is 158 Å². The molecule has 0 saturated carbocycles. The Balaban J connectivity index is 1.73. The largest absolute Gasteiger partial charge is 0.335 e. The van der Waals surface area contributed by atoms with Gasteiger partial charge in [-0.2, -0.15) is 0 Å². The normalized spacial score (nSPS) is 19.7. The van der Waals surface area contributed by atoms with Gasteiger partial charge in [0.1, 0.15) is 6.33 Å². The molecule has 1 saturated heterocycles. The molecular weight excluding hydrogens is 338 g/mol. The number of carbonyl (C=O) groups is 2. The number of amides is 1. The number of carbonyl (C=O) groups excluding carboxylic acids is 2. The third kappa shape index (κ3) is 3.14. The van der Waals surface area contributed by atoms with Crippen LogP contribution in [0.25, 0.3) is 11.0 Å². The van der Waals surface area contributed by atoms with Crippen molar-refractivity contribution >= 4 is 22.8 Å². The van der Waals surface area contributed by atoms with E-state index in [9.17, 15) is 9.59 Å². The molecular formula is C22H23N3O2. The van der Waals surface area contributed by atoms with Crippen molar-refractivity contribution in [2.75, 3.05) is 6.54 Å². The second-order valence-corrected chi connectivity index (χ2v) is 7.05. The first kappa shape index (κ1) is 17.5. The molecule has 1 aliphatic heterocycles. The van der Waals surface area contributed by atoms with Crippen LogP contribution in [-0.4, -0.2) is 32.8 Å². The van der Waals surface area contributed by atoms with Crippen LogP contribution in [0.4, 0.5) is 0 Å². The number of para-hydroxylation sites is 2. The quantitative estimate of drug-likeness (QED) is 0.688.